The summed E-state index contributed by atoms with van der Waals surface area (Å²) in [4.78, 5) is 20.9. The van der Waals surface area contributed by atoms with Crippen LogP contribution < -0.4 is 10.6 Å². The van der Waals surface area contributed by atoms with Crippen molar-refractivity contribution in [3.63, 3.8) is 0 Å². The first-order chi connectivity index (χ1) is 12.5. The first-order valence-electron chi connectivity index (χ1n) is 8.54. The highest BCUT2D eigenvalue weighted by Crippen LogP contribution is 2.17. The molecule has 0 saturated heterocycles. The molecule has 0 bridgehead atoms. The highest BCUT2D eigenvalue weighted by Gasteiger charge is 2.10. The molecule has 2 N–H and O–H groups in total. The van der Waals surface area contributed by atoms with E-state index >= 15 is 0 Å². The molecule has 5 nitrogen and oxygen atoms in total. The third kappa shape index (κ3) is 4.45. The molecule has 0 saturated carbocycles. The number of amides is 1. The van der Waals surface area contributed by atoms with Gasteiger partial charge in [-0.05, 0) is 49.6 Å². The highest BCUT2D eigenvalue weighted by atomic mass is 16.1. The molecule has 0 radical (unpaired) electrons. The van der Waals surface area contributed by atoms with Gasteiger partial charge in [0.1, 0.15) is 0 Å². The van der Waals surface area contributed by atoms with Gasteiger partial charge in [0.2, 0.25) is 5.95 Å². The zero-order chi connectivity index (χ0) is 18.5. The monoisotopic (exact) mass is 346 g/mol. The van der Waals surface area contributed by atoms with Crippen molar-refractivity contribution in [2.45, 2.75) is 26.8 Å². The average molecular weight is 346 g/mol. The number of aromatic nitrogens is 2. The van der Waals surface area contributed by atoms with Crippen LogP contribution in [0.3, 0.4) is 0 Å². The predicted molar refractivity (Wildman–Crippen MR) is 104 cm³/mol. The lowest BCUT2D eigenvalue weighted by Crippen LogP contribution is -2.14. The van der Waals surface area contributed by atoms with Crippen LogP contribution in [0.5, 0.6) is 0 Å². The van der Waals surface area contributed by atoms with Gasteiger partial charge in [0.25, 0.3) is 5.91 Å². The van der Waals surface area contributed by atoms with Gasteiger partial charge in [-0.3, -0.25) is 4.79 Å². The summed E-state index contributed by atoms with van der Waals surface area (Å²) in [5.41, 5.74) is 4.54. The molecule has 2 aromatic carbocycles. The van der Waals surface area contributed by atoms with E-state index in [0.717, 1.165) is 22.4 Å². The fourth-order valence-corrected chi connectivity index (χ4v) is 2.79. The zero-order valence-corrected chi connectivity index (χ0v) is 15.2. The largest absolute Gasteiger partial charge is 0.348 e. The van der Waals surface area contributed by atoms with Gasteiger partial charge in [0.05, 0.1) is 11.6 Å². The van der Waals surface area contributed by atoms with Crippen molar-refractivity contribution in [1.29, 1.82) is 0 Å². The Balaban J connectivity index is 1.66. The second-order valence-electron chi connectivity index (χ2n) is 6.40. The van der Waals surface area contributed by atoms with Gasteiger partial charge in [-0.25, -0.2) is 9.97 Å². The zero-order valence-electron chi connectivity index (χ0n) is 15.2. The minimum atomic E-state index is -0.224. The van der Waals surface area contributed by atoms with Crippen molar-refractivity contribution in [2.75, 3.05) is 10.6 Å². The Morgan fingerprint density at radius 3 is 2.19 bits per heavy atom. The molecule has 1 atom stereocenters. The van der Waals surface area contributed by atoms with Crippen LogP contribution in [0.4, 0.5) is 11.6 Å². The summed E-state index contributed by atoms with van der Waals surface area (Å²) in [5.74, 6) is 0.266. The number of carbonyl (C=O) groups excluding carboxylic acids is 1. The van der Waals surface area contributed by atoms with E-state index in [2.05, 4.69) is 26.7 Å². The van der Waals surface area contributed by atoms with Gasteiger partial charge in [-0.1, -0.05) is 36.4 Å². The Bertz CT molecular complexity index is 871. The molecule has 132 valence electrons. The van der Waals surface area contributed by atoms with Gasteiger partial charge >= 0.3 is 0 Å². The third-order valence-corrected chi connectivity index (χ3v) is 4.04. The first-order valence-corrected chi connectivity index (χ1v) is 8.54. The Hall–Kier alpha value is -3.21. The Labute approximate surface area is 153 Å². The maximum Gasteiger partial charge on any atom is 0.258 e. The molecule has 1 unspecified atom stereocenters. The summed E-state index contributed by atoms with van der Waals surface area (Å²) >= 11 is 0. The highest BCUT2D eigenvalue weighted by molar-refractivity contribution is 6.04. The van der Waals surface area contributed by atoms with Gasteiger partial charge < -0.3 is 10.6 Å². The molecule has 3 rings (SSSR count). The van der Waals surface area contributed by atoms with Gasteiger partial charge in [-0.15, -0.1) is 0 Å². The molecular weight excluding hydrogens is 324 g/mol. The fraction of sp³-hybridized carbons (Fsp3) is 0.190. The molecule has 0 aliphatic rings. The summed E-state index contributed by atoms with van der Waals surface area (Å²) in [6, 6.07) is 16.1. The lowest BCUT2D eigenvalue weighted by Gasteiger charge is -2.14. The quantitative estimate of drug-likeness (QED) is 0.713. The van der Waals surface area contributed by atoms with Crippen LogP contribution in [0.15, 0.2) is 60.9 Å². The van der Waals surface area contributed by atoms with Gasteiger partial charge in [-0.2, -0.15) is 0 Å². The lowest BCUT2D eigenvalue weighted by molar-refractivity contribution is 0.102. The molecule has 1 aromatic heterocycles. The molecule has 26 heavy (non-hydrogen) atoms. The summed E-state index contributed by atoms with van der Waals surface area (Å²) in [6.07, 6.45) is 3.07. The summed E-state index contributed by atoms with van der Waals surface area (Å²) in [5, 5.41) is 6.12. The van der Waals surface area contributed by atoms with Crippen LogP contribution >= 0.6 is 0 Å². The van der Waals surface area contributed by atoms with E-state index in [9.17, 15) is 4.79 Å². The normalized spacial score (nSPS) is 11.7. The number of rotatable bonds is 5. The number of hydrogen-bond acceptors (Lipinski definition) is 4. The topological polar surface area (TPSA) is 66.9 Å². The maximum atomic E-state index is 12.4. The number of carbonyl (C=O) groups is 1. The van der Waals surface area contributed by atoms with Crippen molar-refractivity contribution >= 4 is 17.5 Å². The van der Waals surface area contributed by atoms with Crippen LogP contribution in [0, 0.1) is 13.8 Å². The van der Waals surface area contributed by atoms with Gasteiger partial charge in [0.15, 0.2) is 0 Å². The number of hydrogen-bond donors (Lipinski definition) is 2. The van der Waals surface area contributed by atoms with Crippen molar-refractivity contribution in [1.82, 2.24) is 9.97 Å². The summed E-state index contributed by atoms with van der Waals surface area (Å²) in [6.45, 7) is 6.04. The SMILES string of the molecule is Cc1cc(C)cc(NC(=O)c2cnc(NC(C)c3ccccc3)nc2)c1. The first kappa shape index (κ1) is 17.6. The predicted octanol–water partition coefficient (Wildman–Crippen LogP) is 4.52. The molecular formula is C21H22N4O. The van der Waals surface area contributed by atoms with E-state index in [4.69, 9.17) is 0 Å². The van der Waals surface area contributed by atoms with Crippen molar-refractivity contribution in [3.8, 4) is 0 Å². The van der Waals surface area contributed by atoms with E-state index < -0.39 is 0 Å². The average Bonchev–Trinajstić information content (AvgIpc) is 2.62. The van der Waals surface area contributed by atoms with Crippen LogP contribution in [-0.4, -0.2) is 15.9 Å². The number of aryl methyl sites for hydroxylation is 2. The Kier molecular flexibility index (Phi) is 5.27. The maximum absolute atomic E-state index is 12.4. The van der Waals surface area contributed by atoms with E-state index in [-0.39, 0.29) is 11.9 Å². The van der Waals surface area contributed by atoms with E-state index in [0.29, 0.717) is 11.5 Å². The molecule has 5 heteroatoms. The summed E-state index contributed by atoms with van der Waals surface area (Å²) in [7, 11) is 0. The van der Waals surface area contributed by atoms with Gasteiger partial charge in [0, 0.05) is 18.1 Å². The minimum absolute atomic E-state index is 0.0751. The molecule has 0 spiro atoms. The number of nitrogens with zero attached hydrogens (tertiary/aromatic N) is 2. The molecule has 3 aromatic rings. The Morgan fingerprint density at radius 2 is 1.58 bits per heavy atom. The van der Waals surface area contributed by atoms with E-state index in [1.807, 2.05) is 63.2 Å². The van der Waals surface area contributed by atoms with Crippen LogP contribution in [0.1, 0.15) is 40.0 Å². The smallest absolute Gasteiger partial charge is 0.258 e. The second kappa shape index (κ2) is 7.78. The van der Waals surface area contributed by atoms with Crippen LogP contribution in [-0.2, 0) is 0 Å². The molecule has 0 fully saturated rings. The number of benzene rings is 2. The minimum Gasteiger partial charge on any atom is -0.348 e. The molecule has 0 aliphatic heterocycles. The lowest BCUT2D eigenvalue weighted by atomic mass is 10.1. The number of nitrogens with one attached hydrogen (secondary N) is 2. The van der Waals surface area contributed by atoms with E-state index in [1.54, 1.807) is 0 Å². The van der Waals surface area contributed by atoms with E-state index in [1.165, 1.54) is 12.4 Å². The Morgan fingerprint density at radius 1 is 0.962 bits per heavy atom. The third-order valence-electron chi connectivity index (χ3n) is 4.04. The van der Waals surface area contributed by atoms with Crippen molar-refractivity contribution in [3.05, 3.63) is 83.2 Å². The van der Waals surface area contributed by atoms with Crippen LogP contribution in [0.2, 0.25) is 0 Å². The summed E-state index contributed by atoms with van der Waals surface area (Å²) < 4.78 is 0. The fourth-order valence-electron chi connectivity index (χ4n) is 2.79. The number of anilines is 2. The van der Waals surface area contributed by atoms with Crippen LogP contribution in [0.25, 0.3) is 0 Å². The standard InChI is InChI=1S/C21H22N4O/c1-14-9-15(2)11-19(10-14)25-20(26)18-12-22-21(23-13-18)24-16(3)17-7-5-4-6-8-17/h4-13,16H,1-3H3,(H,25,26)(H,22,23,24). The van der Waals surface area contributed by atoms with Crippen molar-refractivity contribution in [2.24, 2.45) is 0 Å². The second-order valence-corrected chi connectivity index (χ2v) is 6.40. The van der Waals surface area contributed by atoms with Crippen molar-refractivity contribution < 1.29 is 4.79 Å². The molecule has 1 amide bonds. The molecule has 0 aliphatic carbocycles. The molecule has 1 heterocycles.